The highest BCUT2D eigenvalue weighted by Crippen LogP contribution is 2.36. The van der Waals surface area contributed by atoms with Crippen molar-refractivity contribution in [2.24, 2.45) is 11.8 Å². The lowest BCUT2D eigenvalue weighted by Gasteiger charge is -2.35. The zero-order valence-electron chi connectivity index (χ0n) is 8.80. The van der Waals surface area contributed by atoms with Gasteiger partial charge in [0.25, 0.3) is 0 Å². The molecule has 2 fully saturated rings. The van der Waals surface area contributed by atoms with E-state index < -0.39 is 0 Å². The summed E-state index contributed by atoms with van der Waals surface area (Å²) in [7, 11) is 0. The summed E-state index contributed by atoms with van der Waals surface area (Å²) in [6, 6.07) is 0.789. The van der Waals surface area contributed by atoms with E-state index in [4.69, 9.17) is 0 Å². The van der Waals surface area contributed by atoms with Crippen LogP contribution in [-0.2, 0) is 0 Å². The number of hydrogen-bond donors (Lipinski definition) is 1. The summed E-state index contributed by atoms with van der Waals surface area (Å²) >= 11 is 0. The van der Waals surface area contributed by atoms with E-state index in [1.165, 1.54) is 57.8 Å². The summed E-state index contributed by atoms with van der Waals surface area (Å²) in [5.41, 5.74) is 4.35. The predicted molar refractivity (Wildman–Crippen MR) is 55.2 cm³/mol. The average Bonchev–Trinajstić information content (AvgIpc) is 2.20. The molecule has 0 aromatic heterocycles. The van der Waals surface area contributed by atoms with Crippen LogP contribution in [0.3, 0.4) is 0 Å². The van der Waals surface area contributed by atoms with Gasteiger partial charge in [0.15, 0.2) is 0 Å². The Balaban J connectivity index is 1.88. The summed E-state index contributed by atoms with van der Waals surface area (Å²) < 4.78 is 0. The van der Waals surface area contributed by atoms with Gasteiger partial charge in [-0.3, -0.25) is 0 Å². The zero-order valence-corrected chi connectivity index (χ0v) is 8.80. The smallest absolute Gasteiger partial charge is 0.0874 e. The van der Waals surface area contributed by atoms with Gasteiger partial charge in [-0.2, -0.15) is 0 Å². The fourth-order valence-electron chi connectivity index (χ4n) is 3.42. The van der Waals surface area contributed by atoms with Crippen LogP contribution < -0.4 is 5.73 Å². The molecular weight excluding hydrogens is 158 g/mol. The Labute approximate surface area is 82.1 Å². The minimum atomic E-state index is 0.789. The first-order chi connectivity index (χ1) is 6.38. The highest BCUT2D eigenvalue weighted by atomic mass is 14.7. The van der Waals surface area contributed by atoms with E-state index in [0.717, 1.165) is 17.9 Å². The Morgan fingerprint density at radius 2 is 1.31 bits per heavy atom. The molecule has 0 radical (unpaired) electrons. The van der Waals surface area contributed by atoms with Crippen LogP contribution in [0, 0.1) is 11.8 Å². The molecular formula is C12H24N+. The second-order valence-electron chi connectivity index (χ2n) is 5.11. The molecule has 2 aliphatic rings. The van der Waals surface area contributed by atoms with Crippen molar-refractivity contribution in [2.75, 3.05) is 0 Å². The van der Waals surface area contributed by atoms with E-state index in [-0.39, 0.29) is 0 Å². The molecule has 0 bridgehead atoms. The van der Waals surface area contributed by atoms with Crippen molar-refractivity contribution < 1.29 is 5.73 Å². The van der Waals surface area contributed by atoms with Crippen LogP contribution >= 0.6 is 0 Å². The quantitative estimate of drug-likeness (QED) is 0.645. The number of hydrogen-bond acceptors (Lipinski definition) is 0. The molecule has 0 aromatic rings. The van der Waals surface area contributed by atoms with Gasteiger partial charge in [-0.25, -0.2) is 0 Å². The topological polar surface area (TPSA) is 27.6 Å². The average molecular weight is 182 g/mol. The van der Waals surface area contributed by atoms with Crippen LogP contribution in [0.15, 0.2) is 0 Å². The molecule has 76 valence electrons. The first-order valence-electron chi connectivity index (χ1n) is 6.21. The van der Waals surface area contributed by atoms with Gasteiger partial charge in [0.2, 0.25) is 0 Å². The van der Waals surface area contributed by atoms with Crippen LogP contribution in [0.2, 0.25) is 0 Å². The maximum atomic E-state index is 4.35. The molecule has 0 aromatic carbocycles. The van der Waals surface area contributed by atoms with E-state index in [9.17, 15) is 0 Å². The summed E-state index contributed by atoms with van der Waals surface area (Å²) in [5, 5.41) is 0. The largest absolute Gasteiger partial charge is 0.355 e. The number of quaternary nitrogens is 1. The van der Waals surface area contributed by atoms with Gasteiger partial charge < -0.3 is 5.73 Å². The standard InChI is InChI=1S/C12H23N/c13-12-9-5-4-8-11(12)10-6-2-1-3-7-10/h10-12H,1-9,13H2/p+1/t11-,12-/m0/s1. The highest BCUT2D eigenvalue weighted by molar-refractivity contribution is 4.81. The summed E-state index contributed by atoms with van der Waals surface area (Å²) in [6.07, 6.45) is 13.3. The molecule has 3 N–H and O–H groups in total. The third kappa shape index (κ3) is 2.25. The number of rotatable bonds is 1. The Morgan fingerprint density at radius 3 is 2.00 bits per heavy atom. The lowest BCUT2D eigenvalue weighted by molar-refractivity contribution is -0.442. The SMILES string of the molecule is [NH3+][C@H]1CCCC[C@H]1C1CCCCC1. The van der Waals surface area contributed by atoms with Gasteiger partial charge >= 0.3 is 0 Å². The molecule has 0 amide bonds. The fraction of sp³-hybridized carbons (Fsp3) is 1.00. The van der Waals surface area contributed by atoms with Crippen molar-refractivity contribution in [1.29, 1.82) is 0 Å². The first-order valence-corrected chi connectivity index (χ1v) is 6.21. The monoisotopic (exact) mass is 182 g/mol. The highest BCUT2D eigenvalue weighted by Gasteiger charge is 2.32. The molecule has 0 spiro atoms. The summed E-state index contributed by atoms with van der Waals surface area (Å²) in [6.45, 7) is 0. The van der Waals surface area contributed by atoms with Gasteiger partial charge in [0.1, 0.15) is 0 Å². The molecule has 2 atom stereocenters. The van der Waals surface area contributed by atoms with Crippen molar-refractivity contribution in [2.45, 2.75) is 63.8 Å². The third-order valence-electron chi connectivity index (χ3n) is 4.22. The van der Waals surface area contributed by atoms with Gasteiger partial charge in [-0.15, -0.1) is 0 Å². The molecule has 2 aliphatic carbocycles. The van der Waals surface area contributed by atoms with Crippen LogP contribution in [0.4, 0.5) is 0 Å². The zero-order chi connectivity index (χ0) is 9.10. The van der Waals surface area contributed by atoms with E-state index in [1.807, 2.05) is 0 Å². The van der Waals surface area contributed by atoms with E-state index in [0.29, 0.717) is 0 Å². The Morgan fingerprint density at radius 1 is 0.692 bits per heavy atom. The third-order valence-corrected chi connectivity index (χ3v) is 4.22. The normalized spacial score (nSPS) is 37.6. The van der Waals surface area contributed by atoms with Crippen LogP contribution in [0.25, 0.3) is 0 Å². The van der Waals surface area contributed by atoms with E-state index >= 15 is 0 Å². The molecule has 2 saturated carbocycles. The Hall–Kier alpha value is -0.0400. The predicted octanol–water partition coefficient (Wildman–Crippen LogP) is 2.37. The molecule has 0 saturated heterocycles. The molecule has 1 heteroatoms. The van der Waals surface area contributed by atoms with Gasteiger partial charge in [-0.1, -0.05) is 25.7 Å². The van der Waals surface area contributed by atoms with Crippen LogP contribution in [0.5, 0.6) is 0 Å². The maximum absolute atomic E-state index is 4.35. The Bertz CT molecular complexity index is 149. The van der Waals surface area contributed by atoms with Crippen molar-refractivity contribution >= 4 is 0 Å². The maximum Gasteiger partial charge on any atom is 0.0874 e. The second kappa shape index (κ2) is 4.45. The minimum absolute atomic E-state index is 0.789. The van der Waals surface area contributed by atoms with Crippen LogP contribution in [-0.4, -0.2) is 6.04 Å². The minimum Gasteiger partial charge on any atom is -0.355 e. The summed E-state index contributed by atoms with van der Waals surface area (Å²) in [4.78, 5) is 0. The first kappa shape index (κ1) is 9.51. The molecule has 0 heterocycles. The molecule has 1 nitrogen and oxygen atoms in total. The van der Waals surface area contributed by atoms with Crippen molar-refractivity contribution in [3.05, 3.63) is 0 Å². The van der Waals surface area contributed by atoms with E-state index in [2.05, 4.69) is 5.73 Å². The van der Waals surface area contributed by atoms with Crippen molar-refractivity contribution in [1.82, 2.24) is 0 Å². The van der Waals surface area contributed by atoms with Gasteiger partial charge in [-0.05, 0) is 38.0 Å². The van der Waals surface area contributed by atoms with Crippen molar-refractivity contribution in [3.63, 3.8) is 0 Å². The van der Waals surface area contributed by atoms with Gasteiger partial charge in [0, 0.05) is 5.92 Å². The lowest BCUT2D eigenvalue weighted by atomic mass is 9.71. The lowest BCUT2D eigenvalue weighted by Crippen LogP contribution is -2.66. The molecule has 0 unspecified atom stereocenters. The van der Waals surface area contributed by atoms with Crippen molar-refractivity contribution in [3.8, 4) is 0 Å². The van der Waals surface area contributed by atoms with Crippen LogP contribution in [0.1, 0.15) is 57.8 Å². The molecule has 2 rings (SSSR count). The van der Waals surface area contributed by atoms with E-state index in [1.54, 1.807) is 0 Å². The van der Waals surface area contributed by atoms with Gasteiger partial charge in [0.05, 0.1) is 6.04 Å². The molecule has 0 aliphatic heterocycles. The Kier molecular flexibility index (Phi) is 3.26. The second-order valence-corrected chi connectivity index (χ2v) is 5.11. The summed E-state index contributed by atoms with van der Waals surface area (Å²) in [5.74, 6) is 2.05. The fourth-order valence-corrected chi connectivity index (χ4v) is 3.42. The molecule has 13 heavy (non-hydrogen) atoms.